The quantitative estimate of drug-likeness (QED) is 0.423. The molecule has 0 bridgehead atoms. The maximum atomic E-state index is 13.1. The largest absolute Gasteiger partial charge is 0.354 e. The van der Waals surface area contributed by atoms with Gasteiger partial charge in [0.1, 0.15) is 6.04 Å². The number of nitrogens with one attached hydrogen (secondary N) is 1. The lowest BCUT2D eigenvalue weighted by molar-refractivity contribution is -0.139. The molecule has 2 aromatic rings. The summed E-state index contributed by atoms with van der Waals surface area (Å²) in [6, 6.07) is 15.0. The van der Waals surface area contributed by atoms with E-state index in [1.54, 1.807) is 28.8 Å². The van der Waals surface area contributed by atoms with Crippen molar-refractivity contribution < 1.29 is 9.59 Å². The minimum absolute atomic E-state index is 0.0365. The summed E-state index contributed by atoms with van der Waals surface area (Å²) in [5, 5.41) is 3.58. The van der Waals surface area contributed by atoms with E-state index in [0.29, 0.717) is 30.3 Å². The van der Waals surface area contributed by atoms with Gasteiger partial charge in [0.25, 0.3) is 0 Å². The molecular weight excluding hydrogens is 484 g/mol. The standard InChI is InChI=1S/C23H28BrClN2O2S/c1-3-13-26-23(29)21(4-2)27(14-17-7-11-20(25)12-8-17)22(28)16-30-15-18-5-9-19(24)10-6-18/h5-12,21H,3-4,13-16H2,1-2H3,(H,26,29)/t21-/m0/s1. The molecule has 30 heavy (non-hydrogen) atoms. The third kappa shape index (κ3) is 7.97. The van der Waals surface area contributed by atoms with Gasteiger partial charge in [-0.2, -0.15) is 0 Å². The number of rotatable bonds is 11. The van der Waals surface area contributed by atoms with Crippen molar-refractivity contribution in [3.8, 4) is 0 Å². The van der Waals surface area contributed by atoms with Gasteiger partial charge in [-0.05, 0) is 48.2 Å². The Balaban J connectivity index is 2.09. The Kier molecular flexibility index (Phi) is 10.8. The molecule has 0 spiro atoms. The van der Waals surface area contributed by atoms with E-state index in [2.05, 4.69) is 21.2 Å². The van der Waals surface area contributed by atoms with Crippen molar-refractivity contribution in [2.75, 3.05) is 12.3 Å². The summed E-state index contributed by atoms with van der Waals surface area (Å²) in [7, 11) is 0. The number of hydrogen-bond donors (Lipinski definition) is 1. The zero-order chi connectivity index (χ0) is 21.9. The van der Waals surface area contributed by atoms with E-state index in [4.69, 9.17) is 11.6 Å². The van der Waals surface area contributed by atoms with Gasteiger partial charge in [-0.25, -0.2) is 0 Å². The number of hydrogen-bond acceptors (Lipinski definition) is 3. The average Bonchev–Trinajstić information content (AvgIpc) is 2.74. The molecule has 0 heterocycles. The number of benzene rings is 2. The Labute approximate surface area is 196 Å². The van der Waals surface area contributed by atoms with E-state index >= 15 is 0 Å². The maximum absolute atomic E-state index is 13.1. The van der Waals surface area contributed by atoms with Crippen LogP contribution in [0.3, 0.4) is 0 Å². The van der Waals surface area contributed by atoms with E-state index in [1.165, 1.54) is 0 Å². The monoisotopic (exact) mass is 510 g/mol. The summed E-state index contributed by atoms with van der Waals surface area (Å²) < 4.78 is 1.03. The second-order valence-corrected chi connectivity index (χ2v) is 9.32. The number of nitrogens with zero attached hydrogens (tertiary/aromatic N) is 1. The highest BCUT2D eigenvalue weighted by atomic mass is 79.9. The minimum atomic E-state index is -0.493. The molecule has 162 valence electrons. The van der Waals surface area contributed by atoms with Crippen molar-refractivity contribution >= 4 is 51.1 Å². The predicted molar refractivity (Wildman–Crippen MR) is 130 cm³/mol. The van der Waals surface area contributed by atoms with Crippen molar-refractivity contribution in [2.45, 2.75) is 45.0 Å². The Morgan fingerprint density at radius 1 is 1.07 bits per heavy atom. The van der Waals surface area contributed by atoms with E-state index in [1.807, 2.05) is 50.2 Å². The summed E-state index contributed by atoms with van der Waals surface area (Å²) in [6.45, 7) is 4.94. The summed E-state index contributed by atoms with van der Waals surface area (Å²) in [5.74, 6) is 0.929. The van der Waals surface area contributed by atoms with Crippen molar-refractivity contribution in [2.24, 2.45) is 0 Å². The summed E-state index contributed by atoms with van der Waals surface area (Å²) in [6.07, 6.45) is 1.42. The Hall–Kier alpha value is -1.50. The summed E-state index contributed by atoms with van der Waals surface area (Å²) in [5.41, 5.74) is 2.11. The first kappa shape index (κ1) is 24.8. The molecule has 0 saturated heterocycles. The first-order chi connectivity index (χ1) is 14.4. The summed E-state index contributed by atoms with van der Waals surface area (Å²) >= 11 is 11.0. The van der Waals surface area contributed by atoms with Gasteiger partial charge in [-0.1, -0.05) is 65.6 Å². The predicted octanol–water partition coefficient (Wildman–Crippen LogP) is 5.67. The number of carbonyl (C=O) groups is 2. The molecule has 0 aliphatic heterocycles. The number of halogens is 2. The molecule has 0 unspecified atom stereocenters. The molecule has 0 fully saturated rings. The molecule has 0 aliphatic carbocycles. The second-order valence-electron chi connectivity index (χ2n) is 6.98. The lowest BCUT2D eigenvalue weighted by Gasteiger charge is -2.30. The van der Waals surface area contributed by atoms with Gasteiger partial charge in [-0.3, -0.25) is 9.59 Å². The van der Waals surface area contributed by atoms with Gasteiger partial charge in [0.2, 0.25) is 11.8 Å². The fraction of sp³-hybridized carbons (Fsp3) is 0.391. The van der Waals surface area contributed by atoms with Crippen LogP contribution in [-0.2, 0) is 21.9 Å². The zero-order valence-corrected chi connectivity index (χ0v) is 20.5. The molecule has 2 aromatic carbocycles. The van der Waals surface area contributed by atoms with Gasteiger partial charge < -0.3 is 10.2 Å². The molecule has 7 heteroatoms. The number of amides is 2. The van der Waals surface area contributed by atoms with E-state index < -0.39 is 6.04 Å². The SMILES string of the molecule is CCCNC(=O)[C@H](CC)N(Cc1ccc(Cl)cc1)C(=O)CSCc1ccc(Br)cc1. The zero-order valence-electron chi connectivity index (χ0n) is 17.4. The molecule has 0 aromatic heterocycles. The normalized spacial score (nSPS) is 11.7. The average molecular weight is 512 g/mol. The van der Waals surface area contributed by atoms with Crippen molar-refractivity contribution in [1.82, 2.24) is 10.2 Å². The van der Waals surface area contributed by atoms with Crippen LogP contribution >= 0.6 is 39.3 Å². The van der Waals surface area contributed by atoms with E-state index in [-0.39, 0.29) is 11.8 Å². The lowest BCUT2D eigenvalue weighted by atomic mass is 10.1. The van der Waals surface area contributed by atoms with Crippen molar-refractivity contribution in [3.05, 3.63) is 69.2 Å². The molecule has 2 amide bonds. The highest BCUT2D eigenvalue weighted by molar-refractivity contribution is 9.10. The third-order valence-corrected chi connectivity index (χ3v) is 6.38. The van der Waals surface area contributed by atoms with Crippen LogP contribution in [0.4, 0.5) is 0 Å². The topological polar surface area (TPSA) is 49.4 Å². The fourth-order valence-corrected chi connectivity index (χ4v) is 4.25. The van der Waals surface area contributed by atoms with E-state index in [9.17, 15) is 9.59 Å². The first-order valence-corrected chi connectivity index (χ1v) is 12.4. The Morgan fingerprint density at radius 2 is 1.70 bits per heavy atom. The number of thioether (sulfide) groups is 1. The second kappa shape index (κ2) is 13.0. The molecule has 1 N–H and O–H groups in total. The highest BCUT2D eigenvalue weighted by Crippen LogP contribution is 2.19. The molecule has 2 rings (SSSR count). The third-order valence-electron chi connectivity index (χ3n) is 4.61. The van der Waals surface area contributed by atoms with Crippen LogP contribution in [0.25, 0.3) is 0 Å². The molecule has 0 radical (unpaired) electrons. The Morgan fingerprint density at radius 3 is 2.30 bits per heavy atom. The highest BCUT2D eigenvalue weighted by Gasteiger charge is 2.28. The Bertz CT molecular complexity index is 815. The van der Waals surface area contributed by atoms with Crippen molar-refractivity contribution in [3.63, 3.8) is 0 Å². The minimum Gasteiger partial charge on any atom is -0.354 e. The van der Waals surface area contributed by atoms with Gasteiger partial charge in [-0.15, -0.1) is 11.8 Å². The van der Waals surface area contributed by atoms with Crippen molar-refractivity contribution in [1.29, 1.82) is 0 Å². The molecule has 1 atom stereocenters. The summed E-state index contributed by atoms with van der Waals surface area (Å²) in [4.78, 5) is 27.5. The maximum Gasteiger partial charge on any atom is 0.242 e. The smallest absolute Gasteiger partial charge is 0.242 e. The molecule has 0 aliphatic rings. The fourth-order valence-electron chi connectivity index (χ4n) is 2.99. The van der Waals surface area contributed by atoms with Crippen LogP contribution < -0.4 is 5.32 Å². The van der Waals surface area contributed by atoms with Crippen LogP contribution in [-0.4, -0.2) is 35.1 Å². The van der Waals surface area contributed by atoms with Gasteiger partial charge in [0.15, 0.2) is 0 Å². The molecular formula is C23H28BrClN2O2S. The molecule has 0 saturated carbocycles. The van der Waals surface area contributed by atoms with Crippen LogP contribution in [0.1, 0.15) is 37.8 Å². The van der Waals surface area contributed by atoms with Crippen LogP contribution in [0.2, 0.25) is 5.02 Å². The number of carbonyl (C=O) groups excluding carboxylic acids is 2. The van der Waals surface area contributed by atoms with E-state index in [0.717, 1.165) is 27.8 Å². The molecule has 4 nitrogen and oxygen atoms in total. The van der Waals surface area contributed by atoms with Gasteiger partial charge in [0, 0.05) is 28.3 Å². The van der Waals surface area contributed by atoms with Crippen LogP contribution in [0.15, 0.2) is 53.0 Å². The van der Waals surface area contributed by atoms with Crippen LogP contribution in [0.5, 0.6) is 0 Å². The first-order valence-electron chi connectivity index (χ1n) is 10.1. The van der Waals surface area contributed by atoms with Gasteiger partial charge in [0.05, 0.1) is 5.75 Å². The lowest BCUT2D eigenvalue weighted by Crippen LogP contribution is -2.49. The van der Waals surface area contributed by atoms with Crippen LogP contribution in [0, 0.1) is 0 Å². The van der Waals surface area contributed by atoms with Gasteiger partial charge >= 0.3 is 0 Å².